The number of nitrogens with one attached hydrogen (secondary N) is 1. The molecule has 1 aromatic heterocycles. The Bertz CT molecular complexity index is 1290. The number of methoxy groups -OCH3 is 1. The zero-order valence-corrected chi connectivity index (χ0v) is 21.4. The monoisotopic (exact) mass is 552 g/mol. The van der Waals surface area contributed by atoms with Crippen LogP contribution >= 0.6 is 0 Å². The third-order valence-electron chi connectivity index (χ3n) is 6.72. The van der Waals surface area contributed by atoms with Crippen molar-refractivity contribution in [2.45, 2.75) is 57.1 Å². The van der Waals surface area contributed by atoms with E-state index in [1.807, 2.05) is 0 Å². The number of hydrogen-bond acceptors (Lipinski definition) is 5. The number of aromatic nitrogens is 2. The number of halogens is 5. The Morgan fingerprint density at radius 3 is 2.38 bits per heavy atom. The number of amides is 1. The molecule has 1 aliphatic rings. The van der Waals surface area contributed by atoms with Gasteiger partial charge in [-0.2, -0.15) is 18.3 Å². The molecule has 4 rings (SSSR count). The first-order valence-corrected chi connectivity index (χ1v) is 12.4. The van der Waals surface area contributed by atoms with Crippen molar-refractivity contribution in [2.75, 3.05) is 19.1 Å². The highest BCUT2D eigenvalue weighted by Gasteiger charge is 2.39. The maximum Gasteiger partial charge on any atom is 0.435 e. The number of rotatable bonds is 9. The van der Waals surface area contributed by atoms with Crippen molar-refractivity contribution in [3.8, 4) is 5.75 Å². The number of likely N-dealkylation sites (N-methyl/N-ethyl adjacent to an activating group) is 1. The SMILES string of the molecule is COc1ccc(N(C)C(=O)C(Cc2cc(F)cc(F)c2)NC(O)Cn2nc(C(F)(F)F)c3c2CCCC3)cc1. The Hall–Kier alpha value is -3.51. The van der Waals surface area contributed by atoms with Gasteiger partial charge in [-0.3, -0.25) is 14.8 Å². The Labute approximate surface area is 222 Å². The molecule has 0 spiro atoms. The minimum Gasteiger partial charge on any atom is -0.497 e. The third kappa shape index (κ3) is 6.74. The van der Waals surface area contributed by atoms with E-state index >= 15 is 0 Å². The minimum atomic E-state index is -4.63. The molecule has 1 aliphatic carbocycles. The van der Waals surface area contributed by atoms with Crippen LogP contribution in [0.1, 0.15) is 35.4 Å². The van der Waals surface area contributed by atoms with Crippen molar-refractivity contribution in [1.29, 1.82) is 0 Å². The molecule has 210 valence electrons. The number of alkyl halides is 3. The predicted molar refractivity (Wildman–Crippen MR) is 133 cm³/mol. The zero-order valence-electron chi connectivity index (χ0n) is 21.4. The number of hydrogen-bond donors (Lipinski definition) is 2. The molecule has 1 amide bonds. The van der Waals surface area contributed by atoms with E-state index in [-0.39, 0.29) is 30.5 Å². The van der Waals surface area contributed by atoms with Crippen LogP contribution in [-0.4, -0.2) is 47.2 Å². The fourth-order valence-electron chi connectivity index (χ4n) is 4.85. The third-order valence-corrected chi connectivity index (χ3v) is 6.72. The number of benzene rings is 2. The summed E-state index contributed by atoms with van der Waals surface area (Å²) >= 11 is 0. The summed E-state index contributed by atoms with van der Waals surface area (Å²) in [5.74, 6) is -1.63. The normalized spacial score (nSPS) is 15.0. The number of carbonyl (C=O) groups is 1. The molecule has 12 heteroatoms. The van der Waals surface area contributed by atoms with Gasteiger partial charge in [-0.25, -0.2) is 8.78 Å². The lowest BCUT2D eigenvalue weighted by molar-refractivity contribution is -0.142. The number of aliphatic hydroxyl groups is 1. The number of nitrogens with zero attached hydrogens (tertiary/aromatic N) is 3. The van der Waals surface area contributed by atoms with Crippen molar-refractivity contribution < 1.29 is 36.6 Å². The second-order valence-electron chi connectivity index (χ2n) is 9.47. The lowest BCUT2D eigenvalue weighted by Crippen LogP contribution is -2.51. The van der Waals surface area contributed by atoms with Crippen molar-refractivity contribution >= 4 is 11.6 Å². The molecule has 0 saturated heterocycles. The van der Waals surface area contributed by atoms with Gasteiger partial charge >= 0.3 is 6.18 Å². The van der Waals surface area contributed by atoms with Crippen LogP contribution in [0.25, 0.3) is 0 Å². The van der Waals surface area contributed by atoms with Gasteiger partial charge in [-0.05, 0) is 74.1 Å². The molecule has 39 heavy (non-hydrogen) atoms. The average Bonchev–Trinajstić information content (AvgIpc) is 3.26. The summed E-state index contributed by atoms with van der Waals surface area (Å²) in [6.45, 7) is -0.355. The van der Waals surface area contributed by atoms with Crippen LogP contribution in [0.5, 0.6) is 5.75 Å². The average molecular weight is 553 g/mol. The van der Waals surface area contributed by atoms with Crippen LogP contribution in [0.15, 0.2) is 42.5 Å². The molecule has 2 unspecified atom stereocenters. The molecule has 7 nitrogen and oxygen atoms in total. The molecule has 2 aromatic carbocycles. The van der Waals surface area contributed by atoms with Gasteiger partial charge in [0, 0.05) is 30.1 Å². The maximum atomic E-state index is 13.9. The number of carbonyl (C=O) groups excluding carboxylic acids is 1. The lowest BCUT2D eigenvalue weighted by Gasteiger charge is -2.27. The molecule has 0 fully saturated rings. The predicted octanol–water partition coefficient (Wildman–Crippen LogP) is 4.25. The van der Waals surface area contributed by atoms with E-state index in [4.69, 9.17) is 4.74 Å². The maximum absolute atomic E-state index is 13.9. The summed E-state index contributed by atoms with van der Waals surface area (Å²) in [4.78, 5) is 14.8. The highest BCUT2D eigenvalue weighted by Crippen LogP contribution is 2.36. The van der Waals surface area contributed by atoms with Crippen molar-refractivity contribution in [1.82, 2.24) is 15.1 Å². The van der Waals surface area contributed by atoms with Gasteiger partial charge in [0.2, 0.25) is 5.91 Å². The highest BCUT2D eigenvalue weighted by atomic mass is 19.4. The van der Waals surface area contributed by atoms with E-state index in [1.54, 1.807) is 24.3 Å². The highest BCUT2D eigenvalue weighted by molar-refractivity contribution is 5.97. The van der Waals surface area contributed by atoms with Gasteiger partial charge in [0.15, 0.2) is 5.69 Å². The quantitative estimate of drug-likeness (QED) is 0.307. The molecule has 0 bridgehead atoms. The largest absolute Gasteiger partial charge is 0.497 e. The summed E-state index contributed by atoms with van der Waals surface area (Å²) in [5, 5.41) is 17.3. The first-order chi connectivity index (χ1) is 18.5. The van der Waals surface area contributed by atoms with Crippen LogP contribution in [0, 0.1) is 11.6 Å². The first-order valence-electron chi connectivity index (χ1n) is 12.4. The van der Waals surface area contributed by atoms with Crippen molar-refractivity contribution in [3.05, 3.63) is 76.6 Å². The second kappa shape index (κ2) is 11.7. The molecule has 2 atom stereocenters. The van der Waals surface area contributed by atoms with Gasteiger partial charge in [0.25, 0.3) is 0 Å². The number of fused-ring (bicyclic) bond motifs is 1. The van der Waals surface area contributed by atoms with Gasteiger partial charge < -0.3 is 14.7 Å². The standard InChI is InChI=1S/C27H29F5N4O3/c1-35(19-7-9-20(39-2)10-8-19)26(38)22(13-16-11-17(28)14-18(29)12-16)33-24(37)15-36-23-6-4-3-5-21(23)25(34-36)27(30,31)32/h7-12,14,22,24,33,37H,3-6,13,15H2,1-2H3. The fourth-order valence-corrected chi connectivity index (χ4v) is 4.85. The van der Waals surface area contributed by atoms with E-state index in [9.17, 15) is 31.9 Å². The van der Waals surface area contributed by atoms with E-state index in [1.165, 1.54) is 19.1 Å². The molecule has 0 aliphatic heterocycles. The fraction of sp³-hybridized carbons (Fsp3) is 0.407. The summed E-state index contributed by atoms with van der Waals surface area (Å²) in [5.41, 5.74) is 0.211. The summed E-state index contributed by atoms with van der Waals surface area (Å²) in [6, 6.07) is 8.25. The van der Waals surface area contributed by atoms with Gasteiger partial charge in [-0.15, -0.1) is 0 Å². The summed E-state index contributed by atoms with van der Waals surface area (Å²) < 4.78 is 74.7. The molecule has 1 heterocycles. The van der Waals surface area contributed by atoms with E-state index in [0.717, 1.165) is 16.8 Å². The van der Waals surface area contributed by atoms with E-state index < -0.39 is 41.7 Å². The van der Waals surface area contributed by atoms with Crippen molar-refractivity contribution in [2.24, 2.45) is 0 Å². The topological polar surface area (TPSA) is 79.6 Å². The Kier molecular flexibility index (Phi) is 8.55. The van der Waals surface area contributed by atoms with Crippen LogP contribution in [0.2, 0.25) is 0 Å². The molecule has 2 N–H and O–H groups in total. The Morgan fingerprint density at radius 1 is 1.13 bits per heavy atom. The van der Waals surface area contributed by atoms with Gasteiger partial charge in [-0.1, -0.05) is 0 Å². The second-order valence-corrected chi connectivity index (χ2v) is 9.47. The number of ether oxygens (including phenoxy) is 1. The van der Waals surface area contributed by atoms with Gasteiger partial charge in [0.05, 0.1) is 19.7 Å². The molecular weight excluding hydrogens is 523 g/mol. The summed E-state index contributed by atoms with van der Waals surface area (Å²) in [7, 11) is 2.99. The van der Waals surface area contributed by atoms with E-state index in [0.29, 0.717) is 42.5 Å². The van der Waals surface area contributed by atoms with Crippen LogP contribution in [0.4, 0.5) is 27.6 Å². The summed E-state index contributed by atoms with van der Waals surface area (Å²) in [6.07, 6.45) is -4.39. The van der Waals surface area contributed by atoms with E-state index in [2.05, 4.69) is 10.4 Å². The first kappa shape index (κ1) is 28.5. The van der Waals surface area contributed by atoms with Crippen LogP contribution < -0.4 is 15.0 Å². The smallest absolute Gasteiger partial charge is 0.435 e. The minimum absolute atomic E-state index is 0.128. The zero-order chi connectivity index (χ0) is 28.3. The van der Waals surface area contributed by atoms with Crippen molar-refractivity contribution in [3.63, 3.8) is 0 Å². The molecular formula is C27H29F5N4O3. The molecule has 3 aromatic rings. The number of anilines is 1. The lowest BCUT2D eigenvalue weighted by atomic mass is 9.95. The number of aliphatic hydroxyl groups excluding tert-OH is 1. The Morgan fingerprint density at radius 2 is 1.77 bits per heavy atom. The van der Waals surface area contributed by atoms with Crippen LogP contribution in [0.3, 0.4) is 0 Å². The molecule has 0 radical (unpaired) electrons. The van der Waals surface area contributed by atoms with Gasteiger partial charge in [0.1, 0.15) is 23.6 Å². The Balaban J connectivity index is 1.59. The molecule has 0 saturated carbocycles. The van der Waals surface area contributed by atoms with Crippen LogP contribution in [-0.2, 0) is 36.8 Å².